The molecule has 6 nitrogen and oxygen atoms in total. The van der Waals surface area contributed by atoms with E-state index in [4.69, 9.17) is 0 Å². The molecule has 0 aromatic carbocycles. The SMILES string of the molecule is CCC(=O)N1CCC(NC(=NC)NCC2CCCN2CC)C1.I. The number of carbonyl (C=O) groups is 1. The molecule has 1 amide bonds. The Morgan fingerprint density at radius 1 is 1.26 bits per heavy atom. The van der Waals surface area contributed by atoms with E-state index in [0.29, 0.717) is 18.5 Å². The Morgan fingerprint density at radius 3 is 2.70 bits per heavy atom. The standard InChI is InChI=1S/C16H31N5O.HI/c1-4-15(22)21-10-8-13(12-21)19-16(17-3)18-11-14-7-6-9-20(14)5-2;/h13-14H,4-12H2,1-3H3,(H2,17,18,19);1H. The maximum atomic E-state index is 11.7. The van der Waals surface area contributed by atoms with Crippen molar-refractivity contribution in [2.45, 2.75) is 51.6 Å². The smallest absolute Gasteiger partial charge is 0.222 e. The molecule has 23 heavy (non-hydrogen) atoms. The summed E-state index contributed by atoms with van der Waals surface area (Å²) in [6.45, 7) is 9.07. The fraction of sp³-hybridized carbons (Fsp3) is 0.875. The monoisotopic (exact) mass is 437 g/mol. The number of carbonyl (C=O) groups excluding carboxylic acids is 1. The number of guanidine groups is 1. The fourth-order valence-corrected chi connectivity index (χ4v) is 3.47. The molecule has 2 rings (SSSR count). The van der Waals surface area contributed by atoms with Crippen LogP contribution >= 0.6 is 24.0 Å². The third kappa shape index (κ3) is 5.77. The summed E-state index contributed by atoms with van der Waals surface area (Å²) in [5.74, 6) is 1.11. The topological polar surface area (TPSA) is 60.0 Å². The maximum Gasteiger partial charge on any atom is 0.222 e. The maximum absolute atomic E-state index is 11.7. The van der Waals surface area contributed by atoms with Gasteiger partial charge in [-0.25, -0.2) is 0 Å². The van der Waals surface area contributed by atoms with Crippen LogP contribution in [0.5, 0.6) is 0 Å². The van der Waals surface area contributed by atoms with Crippen LogP contribution in [0.3, 0.4) is 0 Å². The van der Waals surface area contributed by atoms with Crippen LogP contribution in [0.1, 0.15) is 39.5 Å². The fourth-order valence-electron chi connectivity index (χ4n) is 3.47. The van der Waals surface area contributed by atoms with E-state index in [0.717, 1.165) is 38.6 Å². The summed E-state index contributed by atoms with van der Waals surface area (Å²) in [4.78, 5) is 20.5. The van der Waals surface area contributed by atoms with Gasteiger partial charge >= 0.3 is 0 Å². The van der Waals surface area contributed by atoms with Crippen LogP contribution in [0.25, 0.3) is 0 Å². The van der Waals surface area contributed by atoms with Gasteiger partial charge in [-0.05, 0) is 32.4 Å². The number of hydrogen-bond donors (Lipinski definition) is 2. The van der Waals surface area contributed by atoms with E-state index in [1.54, 1.807) is 0 Å². The van der Waals surface area contributed by atoms with Crippen LogP contribution in [0.4, 0.5) is 0 Å². The second-order valence-corrected chi connectivity index (χ2v) is 6.20. The molecule has 0 aromatic rings. The number of likely N-dealkylation sites (tertiary alicyclic amines) is 2. The summed E-state index contributed by atoms with van der Waals surface area (Å²) in [5, 5.41) is 6.91. The lowest BCUT2D eigenvalue weighted by atomic mass is 10.2. The molecule has 0 radical (unpaired) electrons. The highest BCUT2D eigenvalue weighted by Crippen LogP contribution is 2.15. The third-order valence-electron chi connectivity index (χ3n) is 4.82. The number of nitrogens with zero attached hydrogens (tertiary/aromatic N) is 3. The largest absolute Gasteiger partial charge is 0.355 e. The molecule has 0 spiro atoms. The summed E-state index contributed by atoms with van der Waals surface area (Å²) >= 11 is 0. The predicted molar refractivity (Wildman–Crippen MR) is 105 cm³/mol. The van der Waals surface area contributed by atoms with Crippen LogP contribution in [0.2, 0.25) is 0 Å². The zero-order valence-corrected chi connectivity index (χ0v) is 17.0. The van der Waals surface area contributed by atoms with Gasteiger partial charge in [-0.15, -0.1) is 24.0 Å². The quantitative estimate of drug-likeness (QED) is 0.387. The minimum absolute atomic E-state index is 0. The van der Waals surface area contributed by atoms with Crippen LogP contribution in [0, 0.1) is 0 Å². The molecular weight excluding hydrogens is 405 g/mol. The number of hydrogen-bond acceptors (Lipinski definition) is 3. The zero-order valence-electron chi connectivity index (χ0n) is 14.7. The molecule has 2 fully saturated rings. The van der Waals surface area contributed by atoms with Crippen LogP contribution in [-0.4, -0.2) is 73.5 Å². The van der Waals surface area contributed by atoms with Gasteiger partial charge in [-0.2, -0.15) is 0 Å². The molecule has 0 saturated carbocycles. The Morgan fingerprint density at radius 2 is 2.04 bits per heavy atom. The Hall–Kier alpha value is -0.570. The first kappa shape index (κ1) is 20.5. The van der Waals surface area contributed by atoms with Gasteiger partial charge in [-0.1, -0.05) is 13.8 Å². The molecule has 0 aliphatic carbocycles. The average molecular weight is 437 g/mol. The van der Waals surface area contributed by atoms with Crippen molar-refractivity contribution in [1.82, 2.24) is 20.4 Å². The number of rotatable bonds is 5. The third-order valence-corrected chi connectivity index (χ3v) is 4.82. The van der Waals surface area contributed by atoms with Gasteiger partial charge in [-0.3, -0.25) is 14.7 Å². The van der Waals surface area contributed by atoms with Gasteiger partial charge in [0, 0.05) is 45.2 Å². The predicted octanol–water partition coefficient (Wildman–Crippen LogP) is 1.26. The second kappa shape index (κ2) is 10.3. The summed E-state index contributed by atoms with van der Waals surface area (Å²) in [6.07, 6.45) is 4.15. The van der Waals surface area contributed by atoms with Crippen LogP contribution < -0.4 is 10.6 Å². The molecule has 2 atom stereocenters. The number of likely N-dealkylation sites (N-methyl/N-ethyl adjacent to an activating group) is 1. The lowest BCUT2D eigenvalue weighted by Crippen LogP contribution is -2.48. The second-order valence-electron chi connectivity index (χ2n) is 6.20. The molecule has 2 aliphatic rings. The lowest BCUT2D eigenvalue weighted by Gasteiger charge is -2.25. The molecule has 0 bridgehead atoms. The van der Waals surface area contributed by atoms with Crippen molar-refractivity contribution < 1.29 is 4.79 Å². The van der Waals surface area contributed by atoms with E-state index in [1.165, 1.54) is 19.4 Å². The molecule has 0 aromatic heterocycles. The molecule has 2 unspecified atom stereocenters. The van der Waals surface area contributed by atoms with E-state index in [1.807, 2.05) is 18.9 Å². The highest BCUT2D eigenvalue weighted by molar-refractivity contribution is 14.0. The summed E-state index contributed by atoms with van der Waals surface area (Å²) < 4.78 is 0. The molecule has 2 aliphatic heterocycles. The van der Waals surface area contributed by atoms with Gasteiger partial charge in [0.05, 0.1) is 0 Å². The highest BCUT2D eigenvalue weighted by atomic mass is 127. The Balaban J connectivity index is 0.00000264. The summed E-state index contributed by atoms with van der Waals surface area (Å²) in [5.41, 5.74) is 0. The zero-order chi connectivity index (χ0) is 15.9. The summed E-state index contributed by atoms with van der Waals surface area (Å²) in [7, 11) is 1.81. The average Bonchev–Trinajstić information content (AvgIpc) is 3.19. The van der Waals surface area contributed by atoms with Crippen molar-refractivity contribution in [2.24, 2.45) is 4.99 Å². The van der Waals surface area contributed by atoms with Gasteiger partial charge < -0.3 is 15.5 Å². The lowest BCUT2D eigenvalue weighted by molar-refractivity contribution is -0.129. The normalized spacial score (nSPS) is 25.3. The number of aliphatic imine (C=N–C) groups is 1. The Kier molecular flexibility index (Phi) is 9.19. The molecule has 7 heteroatoms. The van der Waals surface area contributed by atoms with Gasteiger partial charge in [0.15, 0.2) is 5.96 Å². The first-order valence-corrected chi connectivity index (χ1v) is 8.66. The van der Waals surface area contributed by atoms with Crippen LogP contribution in [0.15, 0.2) is 4.99 Å². The van der Waals surface area contributed by atoms with Crippen molar-refractivity contribution in [3.05, 3.63) is 0 Å². The van der Waals surface area contributed by atoms with Gasteiger partial charge in [0.1, 0.15) is 0 Å². The molecule has 134 valence electrons. The number of nitrogens with one attached hydrogen (secondary N) is 2. The number of amides is 1. The molecule has 2 heterocycles. The van der Waals surface area contributed by atoms with E-state index < -0.39 is 0 Å². The van der Waals surface area contributed by atoms with Crippen LogP contribution in [-0.2, 0) is 4.79 Å². The van der Waals surface area contributed by atoms with Crippen molar-refractivity contribution in [3.8, 4) is 0 Å². The van der Waals surface area contributed by atoms with Gasteiger partial charge in [0.2, 0.25) is 5.91 Å². The number of halogens is 1. The van der Waals surface area contributed by atoms with Crippen molar-refractivity contribution >= 4 is 35.8 Å². The first-order valence-electron chi connectivity index (χ1n) is 8.66. The van der Waals surface area contributed by atoms with E-state index in [9.17, 15) is 4.79 Å². The minimum atomic E-state index is 0. The van der Waals surface area contributed by atoms with E-state index in [-0.39, 0.29) is 29.9 Å². The van der Waals surface area contributed by atoms with E-state index >= 15 is 0 Å². The summed E-state index contributed by atoms with van der Waals surface area (Å²) in [6, 6.07) is 0.929. The van der Waals surface area contributed by atoms with E-state index in [2.05, 4.69) is 27.4 Å². The molecule has 2 N–H and O–H groups in total. The highest BCUT2D eigenvalue weighted by Gasteiger charge is 2.26. The van der Waals surface area contributed by atoms with Crippen molar-refractivity contribution in [2.75, 3.05) is 39.8 Å². The first-order chi connectivity index (χ1) is 10.7. The molecule has 2 saturated heterocycles. The van der Waals surface area contributed by atoms with Gasteiger partial charge in [0.25, 0.3) is 0 Å². The van der Waals surface area contributed by atoms with Crippen molar-refractivity contribution in [1.29, 1.82) is 0 Å². The Bertz CT molecular complexity index is 404. The Labute approximate surface area is 157 Å². The van der Waals surface area contributed by atoms with Crippen molar-refractivity contribution in [3.63, 3.8) is 0 Å². The minimum Gasteiger partial charge on any atom is -0.355 e. The molecular formula is C16H32IN5O.